The van der Waals surface area contributed by atoms with E-state index in [-0.39, 0.29) is 18.3 Å². The quantitative estimate of drug-likeness (QED) is 0.620. The highest BCUT2D eigenvalue weighted by atomic mass is 35.5. The molecule has 0 radical (unpaired) electrons. The first-order valence-corrected chi connectivity index (χ1v) is 7.50. The first-order chi connectivity index (χ1) is 10.6. The Kier molecular flexibility index (Phi) is 11.6. The predicted molar refractivity (Wildman–Crippen MR) is 93.5 cm³/mol. The van der Waals surface area contributed by atoms with Gasteiger partial charge < -0.3 is 24.8 Å². The van der Waals surface area contributed by atoms with E-state index in [2.05, 4.69) is 10.6 Å². The normalized spacial score (nSPS) is 9.91. The van der Waals surface area contributed by atoms with Crippen LogP contribution in [0.4, 0.5) is 0 Å². The van der Waals surface area contributed by atoms with Crippen molar-refractivity contribution in [2.24, 2.45) is 0 Å². The topological polar surface area (TPSA) is 68.8 Å². The maximum atomic E-state index is 12.1. The number of methoxy groups -OCH3 is 2. The van der Waals surface area contributed by atoms with E-state index in [0.717, 1.165) is 6.54 Å². The van der Waals surface area contributed by atoms with Crippen molar-refractivity contribution in [3.05, 3.63) is 22.7 Å². The maximum absolute atomic E-state index is 12.1. The molecule has 132 valence electrons. The molecule has 0 unspecified atom stereocenters. The molecular weight excluding hydrogens is 343 g/mol. The second-order valence-electron chi connectivity index (χ2n) is 4.42. The van der Waals surface area contributed by atoms with Gasteiger partial charge in [0.15, 0.2) is 11.5 Å². The summed E-state index contributed by atoms with van der Waals surface area (Å²) in [5.74, 6) is 0.680. The zero-order chi connectivity index (χ0) is 16.4. The third-order valence-electron chi connectivity index (χ3n) is 2.85. The number of carbonyl (C=O) groups excluding carboxylic acids is 1. The van der Waals surface area contributed by atoms with Crippen LogP contribution >= 0.6 is 24.0 Å². The van der Waals surface area contributed by atoms with E-state index in [1.54, 1.807) is 19.2 Å². The Balaban J connectivity index is 0.00000484. The van der Waals surface area contributed by atoms with Crippen molar-refractivity contribution in [1.82, 2.24) is 10.6 Å². The van der Waals surface area contributed by atoms with Gasteiger partial charge in [-0.15, -0.1) is 12.4 Å². The second kappa shape index (κ2) is 12.2. The molecule has 0 saturated heterocycles. The first kappa shape index (κ1) is 21.8. The molecule has 0 saturated carbocycles. The molecule has 0 spiro atoms. The van der Waals surface area contributed by atoms with Gasteiger partial charge in [-0.2, -0.15) is 0 Å². The third-order valence-corrected chi connectivity index (χ3v) is 3.13. The molecule has 0 fully saturated rings. The van der Waals surface area contributed by atoms with E-state index < -0.39 is 0 Å². The highest BCUT2D eigenvalue weighted by Crippen LogP contribution is 2.36. The molecule has 8 heteroatoms. The summed E-state index contributed by atoms with van der Waals surface area (Å²) in [6.45, 7) is 4.88. The summed E-state index contributed by atoms with van der Waals surface area (Å²) in [5.41, 5.74) is 0.433. The molecule has 1 aromatic carbocycles. The largest absolute Gasteiger partial charge is 0.493 e. The lowest BCUT2D eigenvalue weighted by Gasteiger charge is -2.13. The molecular formula is C15H24Cl2N2O4. The average Bonchev–Trinajstić information content (AvgIpc) is 2.52. The SMILES string of the molecule is CCOc1c(Cl)cc(C(=O)NCCNCCOC)cc1OC.Cl. The summed E-state index contributed by atoms with van der Waals surface area (Å²) in [5, 5.41) is 6.30. The number of benzene rings is 1. The molecule has 1 aromatic rings. The van der Waals surface area contributed by atoms with Gasteiger partial charge in [0.25, 0.3) is 5.91 Å². The van der Waals surface area contributed by atoms with Gasteiger partial charge in [0.1, 0.15) is 0 Å². The molecule has 0 bridgehead atoms. The van der Waals surface area contributed by atoms with E-state index in [1.807, 2.05) is 6.92 Å². The van der Waals surface area contributed by atoms with Crippen LogP contribution in [-0.4, -0.2) is 53.0 Å². The van der Waals surface area contributed by atoms with Crippen LogP contribution in [0.2, 0.25) is 5.02 Å². The van der Waals surface area contributed by atoms with Crippen molar-refractivity contribution in [2.75, 3.05) is 47.1 Å². The van der Waals surface area contributed by atoms with Crippen molar-refractivity contribution < 1.29 is 19.0 Å². The molecule has 0 heterocycles. The summed E-state index contributed by atoms with van der Waals surface area (Å²) in [6.07, 6.45) is 0. The molecule has 0 aromatic heterocycles. The smallest absolute Gasteiger partial charge is 0.251 e. The van der Waals surface area contributed by atoms with E-state index in [0.29, 0.717) is 48.4 Å². The molecule has 1 amide bonds. The van der Waals surface area contributed by atoms with E-state index in [4.69, 9.17) is 25.8 Å². The summed E-state index contributed by atoms with van der Waals surface area (Å²) in [7, 11) is 3.15. The van der Waals surface area contributed by atoms with E-state index in [9.17, 15) is 4.79 Å². The fraction of sp³-hybridized carbons (Fsp3) is 0.533. The first-order valence-electron chi connectivity index (χ1n) is 7.12. The van der Waals surface area contributed by atoms with Gasteiger partial charge in [-0.3, -0.25) is 4.79 Å². The van der Waals surface area contributed by atoms with Crippen LogP contribution in [0.25, 0.3) is 0 Å². The van der Waals surface area contributed by atoms with Crippen molar-refractivity contribution in [3.63, 3.8) is 0 Å². The molecule has 1 rings (SSSR count). The van der Waals surface area contributed by atoms with Gasteiger partial charge in [0, 0.05) is 32.3 Å². The lowest BCUT2D eigenvalue weighted by Crippen LogP contribution is -2.33. The highest BCUT2D eigenvalue weighted by Gasteiger charge is 2.15. The van der Waals surface area contributed by atoms with Gasteiger partial charge in [0.05, 0.1) is 25.3 Å². The number of amides is 1. The van der Waals surface area contributed by atoms with Gasteiger partial charge in [-0.1, -0.05) is 11.6 Å². The van der Waals surface area contributed by atoms with Crippen LogP contribution in [0.5, 0.6) is 11.5 Å². The van der Waals surface area contributed by atoms with Crippen molar-refractivity contribution in [1.29, 1.82) is 0 Å². The zero-order valence-corrected chi connectivity index (χ0v) is 15.2. The van der Waals surface area contributed by atoms with Gasteiger partial charge >= 0.3 is 0 Å². The number of ether oxygens (including phenoxy) is 3. The van der Waals surface area contributed by atoms with Crippen LogP contribution in [-0.2, 0) is 4.74 Å². The Morgan fingerprint density at radius 1 is 1.22 bits per heavy atom. The Bertz CT molecular complexity index is 487. The predicted octanol–water partition coefficient (Wildman–Crippen LogP) is 2.13. The van der Waals surface area contributed by atoms with E-state index in [1.165, 1.54) is 7.11 Å². The third kappa shape index (κ3) is 7.26. The zero-order valence-electron chi connectivity index (χ0n) is 13.6. The molecule has 0 aliphatic carbocycles. The lowest BCUT2D eigenvalue weighted by molar-refractivity contribution is 0.0953. The number of halogens is 2. The molecule has 0 aliphatic heterocycles. The van der Waals surface area contributed by atoms with Gasteiger partial charge in [0.2, 0.25) is 0 Å². The lowest BCUT2D eigenvalue weighted by atomic mass is 10.2. The number of rotatable bonds is 10. The van der Waals surface area contributed by atoms with Crippen LogP contribution in [0.1, 0.15) is 17.3 Å². The molecule has 23 heavy (non-hydrogen) atoms. The summed E-state index contributed by atoms with van der Waals surface area (Å²) < 4.78 is 15.6. The van der Waals surface area contributed by atoms with Gasteiger partial charge in [-0.25, -0.2) is 0 Å². The average molecular weight is 367 g/mol. The van der Waals surface area contributed by atoms with Gasteiger partial charge in [-0.05, 0) is 19.1 Å². The second-order valence-corrected chi connectivity index (χ2v) is 4.83. The summed E-state index contributed by atoms with van der Waals surface area (Å²) >= 11 is 6.14. The minimum Gasteiger partial charge on any atom is -0.493 e. The Morgan fingerprint density at radius 2 is 1.96 bits per heavy atom. The number of hydrogen-bond donors (Lipinski definition) is 2. The number of hydrogen-bond acceptors (Lipinski definition) is 5. The molecule has 0 atom stereocenters. The fourth-order valence-corrected chi connectivity index (χ4v) is 2.07. The van der Waals surface area contributed by atoms with Crippen LogP contribution in [0, 0.1) is 0 Å². The van der Waals surface area contributed by atoms with Crippen molar-refractivity contribution >= 4 is 29.9 Å². The van der Waals surface area contributed by atoms with Crippen LogP contribution < -0.4 is 20.1 Å². The summed E-state index contributed by atoms with van der Waals surface area (Å²) in [4.78, 5) is 12.1. The van der Waals surface area contributed by atoms with E-state index >= 15 is 0 Å². The highest BCUT2D eigenvalue weighted by molar-refractivity contribution is 6.32. The fourth-order valence-electron chi connectivity index (χ4n) is 1.80. The Hall–Kier alpha value is -1.21. The van der Waals surface area contributed by atoms with Crippen LogP contribution in [0.3, 0.4) is 0 Å². The minimum absolute atomic E-state index is 0. The number of nitrogens with one attached hydrogen (secondary N) is 2. The molecule has 2 N–H and O–H groups in total. The minimum atomic E-state index is -0.211. The monoisotopic (exact) mass is 366 g/mol. The Labute approximate surface area is 148 Å². The van der Waals surface area contributed by atoms with Crippen molar-refractivity contribution in [2.45, 2.75) is 6.92 Å². The molecule has 6 nitrogen and oxygen atoms in total. The summed E-state index contributed by atoms with van der Waals surface area (Å²) in [6, 6.07) is 3.19. The van der Waals surface area contributed by atoms with Crippen molar-refractivity contribution in [3.8, 4) is 11.5 Å². The maximum Gasteiger partial charge on any atom is 0.251 e. The Morgan fingerprint density at radius 3 is 2.57 bits per heavy atom. The molecule has 0 aliphatic rings. The number of carbonyl (C=O) groups is 1. The van der Waals surface area contributed by atoms with Crippen LogP contribution in [0.15, 0.2) is 12.1 Å². The standard InChI is InChI=1S/C15H23ClN2O4.ClH/c1-4-22-14-12(16)9-11(10-13(14)21-3)15(19)18-6-5-17-7-8-20-2;/h9-10,17H,4-8H2,1-3H3,(H,18,19);1H.